The maximum absolute atomic E-state index is 12.4. The summed E-state index contributed by atoms with van der Waals surface area (Å²) in [6.07, 6.45) is 7.79. The Kier molecular flexibility index (Phi) is 7.62. The van der Waals surface area contributed by atoms with Crippen LogP contribution in [0.3, 0.4) is 0 Å². The van der Waals surface area contributed by atoms with Crippen LogP contribution in [0.1, 0.15) is 44.5 Å². The van der Waals surface area contributed by atoms with Gasteiger partial charge in [0.25, 0.3) is 0 Å². The minimum atomic E-state index is -0.205. The van der Waals surface area contributed by atoms with Crippen LogP contribution in [0.2, 0.25) is 0 Å². The second kappa shape index (κ2) is 11.0. The normalized spacial score (nSPS) is 13.5. The number of carbonyl (C=O) groups excluding carboxylic acids is 1. The number of hydrogen-bond acceptors (Lipinski definition) is 5. The van der Waals surface area contributed by atoms with Gasteiger partial charge in [0.2, 0.25) is 5.91 Å². The molecule has 1 aliphatic heterocycles. The molecule has 0 bridgehead atoms. The van der Waals surface area contributed by atoms with Crippen molar-refractivity contribution in [2.45, 2.75) is 46.1 Å². The molecule has 0 atom stereocenters. The zero-order valence-corrected chi connectivity index (χ0v) is 20.1. The number of hydrogen-bond donors (Lipinski definition) is 1. The first-order chi connectivity index (χ1) is 16.5. The Morgan fingerprint density at radius 1 is 1.09 bits per heavy atom. The van der Waals surface area contributed by atoms with Crippen LogP contribution < -0.4 is 14.8 Å². The quantitative estimate of drug-likeness (QED) is 0.458. The van der Waals surface area contributed by atoms with Crippen LogP contribution in [0.25, 0.3) is 17.5 Å². The Labute approximate surface area is 200 Å². The molecule has 0 aliphatic carbocycles. The van der Waals surface area contributed by atoms with Crippen molar-refractivity contribution in [2.24, 2.45) is 5.92 Å². The van der Waals surface area contributed by atoms with Gasteiger partial charge in [-0.1, -0.05) is 26.3 Å². The fraction of sp³-hybridized carbons (Fsp3) is 0.370. The van der Waals surface area contributed by atoms with E-state index in [-0.39, 0.29) is 5.91 Å². The molecule has 1 aliphatic rings. The van der Waals surface area contributed by atoms with E-state index in [0.29, 0.717) is 24.0 Å². The maximum atomic E-state index is 12.4. The number of nitrogens with zero attached hydrogens (tertiary/aromatic N) is 3. The van der Waals surface area contributed by atoms with E-state index in [9.17, 15) is 4.79 Å². The van der Waals surface area contributed by atoms with Crippen molar-refractivity contribution in [1.82, 2.24) is 14.8 Å². The number of rotatable bonds is 8. The Hall–Kier alpha value is -3.61. The first kappa shape index (κ1) is 23.5. The first-order valence-electron chi connectivity index (χ1n) is 11.9. The summed E-state index contributed by atoms with van der Waals surface area (Å²) in [5.74, 6) is 3.51. The number of aromatic nitrogens is 3. The number of anilines is 1. The molecule has 1 aromatic heterocycles. The van der Waals surface area contributed by atoms with E-state index in [2.05, 4.69) is 33.9 Å². The molecule has 2 heterocycles. The fourth-order valence-electron chi connectivity index (χ4n) is 3.92. The molecule has 0 unspecified atom stereocenters. The molecule has 0 spiro atoms. The average molecular weight is 461 g/mol. The van der Waals surface area contributed by atoms with Crippen LogP contribution in [0, 0.1) is 5.92 Å². The summed E-state index contributed by atoms with van der Waals surface area (Å²) in [5.41, 5.74) is 2.58. The minimum Gasteiger partial charge on any atom is -0.493 e. The van der Waals surface area contributed by atoms with Crippen LogP contribution in [0.15, 0.2) is 48.5 Å². The lowest BCUT2D eigenvalue weighted by molar-refractivity contribution is -0.111. The first-order valence-corrected chi connectivity index (χ1v) is 11.9. The molecule has 178 valence electrons. The van der Waals surface area contributed by atoms with Gasteiger partial charge in [-0.05, 0) is 66.8 Å². The summed E-state index contributed by atoms with van der Waals surface area (Å²) in [6, 6.07) is 13.4. The predicted octanol–water partition coefficient (Wildman–Crippen LogP) is 5.37. The Balaban J connectivity index is 1.38. The SMILES string of the molecule is COc1cc(/C=C/C(=O)Nc2ccc(-c3nnc4n3CCCCC4)cc2)ccc1OCC(C)C. The lowest BCUT2D eigenvalue weighted by Crippen LogP contribution is -2.08. The number of fused-ring (bicyclic) bond motifs is 1. The topological polar surface area (TPSA) is 78.3 Å². The lowest BCUT2D eigenvalue weighted by Gasteiger charge is -2.12. The molecule has 2 aromatic carbocycles. The highest BCUT2D eigenvalue weighted by atomic mass is 16.5. The van der Waals surface area contributed by atoms with E-state index < -0.39 is 0 Å². The highest BCUT2D eigenvalue weighted by molar-refractivity contribution is 6.02. The van der Waals surface area contributed by atoms with Crippen molar-refractivity contribution in [3.05, 3.63) is 59.9 Å². The molecule has 4 rings (SSSR count). The van der Waals surface area contributed by atoms with Crippen molar-refractivity contribution < 1.29 is 14.3 Å². The molecule has 34 heavy (non-hydrogen) atoms. The minimum absolute atomic E-state index is 0.205. The van der Waals surface area contributed by atoms with Gasteiger partial charge < -0.3 is 19.4 Å². The molecule has 0 saturated heterocycles. The Bertz CT molecular complexity index is 1150. The van der Waals surface area contributed by atoms with Gasteiger partial charge in [-0.15, -0.1) is 10.2 Å². The van der Waals surface area contributed by atoms with Gasteiger partial charge in [0.1, 0.15) is 5.82 Å². The van der Waals surface area contributed by atoms with E-state index in [1.165, 1.54) is 18.9 Å². The summed E-state index contributed by atoms with van der Waals surface area (Å²) in [7, 11) is 1.61. The molecular weight excluding hydrogens is 428 g/mol. The van der Waals surface area contributed by atoms with E-state index in [0.717, 1.165) is 47.8 Å². The molecule has 0 radical (unpaired) electrons. The van der Waals surface area contributed by atoms with Crippen LogP contribution in [-0.4, -0.2) is 34.4 Å². The van der Waals surface area contributed by atoms with Crippen LogP contribution in [0.5, 0.6) is 11.5 Å². The van der Waals surface area contributed by atoms with Gasteiger partial charge in [0, 0.05) is 30.3 Å². The second-order valence-electron chi connectivity index (χ2n) is 8.92. The smallest absolute Gasteiger partial charge is 0.248 e. The molecule has 7 nitrogen and oxygen atoms in total. The molecule has 1 N–H and O–H groups in total. The number of aryl methyl sites for hydroxylation is 1. The average Bonchev–Trinajstić information content (AvgIpc) is 3.09. The maximum Gasteiger partial charge on any atom is 0.248 e. The summed E-state index contributed by atoms with van der Waals surface area (Å²) >= 11 is 0. The molecule has 7 heteroatoms. The Morgan fingerprint density at radius 3 is 2.68 bits per heavy atom. The Morgan fingerprint density at radius 2 is 1.91 bits per heavy atom. The van der Waals surface area contributed by atoms with Gasteiger partial charge in [-0.25, -0.2) is 0 Å². The third-order valence-corrected chi connectivity index (χ3v) is 5.71. The van der Waals surface area contributed by atoms with Crippen molar-refractivity contribution in [3.63, 3.8) is 0 Å². The van der Waals surface area contributed by atoms with Crippen LogP contribution in [-0.2, 0) is 17.8 Å². The van der Waals surface area contributed by atoms with E-state index >= 15 is 0 Å². The zero-order valence-electron chi connectivity index (χ0n) is 20.1. The number of methoxy groups -OCH3 is 1. The van der Waals surface area contributed by atoms with Crippen molar-refractivity contribution in [2.75, 3.05) is 19.0 Å². The van der Waals surface area contributed by atoms with Gasteiger partial charge in [-0.3, -0.25) is 4.79 Å². The lowest BCUT2D eigenvalue weighted by atomic mass is 10.1. The predicted molar refractivity (Wildman–Crippen MR) is 134 cm³/mol. The van der Waals surface area contributed by atoms with Crippen LogP contribution >= 0.6 is 0 Å². The number of ether oxygens (including phenoxy) is 2. The van der Waals surface area contributed by atoms with E-state index in [4.69, 9.17) is 9.47 Å². The van der Waals surface area contributed by atoms with Gasteiger partial charge in [0.05, 0.1) is 13.7 Å². The number of amides is 1. The summed E-state index contributed by atoms with van der Waals surface area (Å²) in [6.45, 7) is 5.76. The number of carbonyl (C=O) groups is 1. The molecule has 1 amide bonds. The monoisotopic (exact) mass is 460 g/mol. The van der Waals surface area contributed by atoms with Crippen LogP contribution in [0.4, 0.5) is 5.69 Å². The van der Waals surface area contributed by atoms with Crippen molar-refractivity contribution >= 4 is 17.7 Å². The largest absolute Gasteiger partial charge is 0.493 e. The van der Waals surface area contributed by atoms with Crippen molar-refractivity contribution in [3.8, 4) is 22.9 Å². The second-order valence-corrected chi connectivity index (χ2v) is 8.92. The molecule has 3 aromatic rings. The summed E-state index contributed by atoms with van der Waals surface area (Å²) in [5, 5.41) is 11.7. The standard InChI is InChI=1S/C27H32N4O3/c1-19(2)18-34-23-14-8-20(17-24(23)33-3)9-15-26(32)28-22-12-10-21(11-13-22)27-30-29-25-7-5-4-6-16-31(25)27/h8-15,17,19H,4-7,16,18H2,1-3H3,(H,28,32)/b15-9+. The molecule has 0 fully saturated rings. The van der Waals surface area contributed by atoms with Gasteiger partial charge in [0.15, 0.2) is 17.3 Å². The number of benzene rings is 2. The fourth-order valence-corrected chi connectivity index (χ4v) is 3.92. The third kappa shape index (κ3) is 5.84. The van der Waals surface area contributed by atoms with E-state index in [1.54, 1.807) is 13.2 Å². The molecular formula is C27H32N4O3. The van der Waals surface area contributed by atoms with E-state index in [1.807, 2.05) is 42.5 Å². The zero-order chi connectivity index (χ0) is 23.9. The van der Waals surface area contributed by atoms with Gasteiger partial charge in [-0.2, -0.15) is 0 Å². The summed E-state index contributed by atoms with van der Waals surface area (Å²) < 4.78 is 13.4. The number of nitrogens with one attached hydrogen (secondary N) is 1. The highest BCUT2D eigenvalue weighted by Gasteiger charge is 2.16. The third-order valence-electron chi connectivity index (χ3n) is 5.71. The van der Waals surface area contributed by atoms with Crippen molar-refractivity contribution in [1.29, 1.82) is 0 Å². The molecule has 0 saturated carbocycles. The highest BCUT2D eigenvalue weighted by Crippen LogP contribution is 2.29. The van der Waals surface area contributed by atoms with Gasteiger partial charge >= 0.3 is 0 Å². The summed E-state index contributed by atoms with van der Waals surface area (Å²) in [4.78, 5) is 12.4.